The molecule has 0 amide bonds. The Bertz CT molecular complexity index is 4270. The van der Waals surface area contributed by atoms with Crippen LogP contribution in [0.25, 0.3) is 123 Å². The second kappa shape index (κ2) is 17.7. The van der Waals surface area contributed by atoms with E-state index in [9.17, 15) is 0 Å². The smallest absolute Gasteiger partial charge is 0.309 e. The van der Waals surface area contributed by atoms with E-state index in [1.165, 1.54) is 6.07 Å². The number of halogens is 3. The van der Waals surface area contributed by atoms with Crippen molar-refractivity contribution < 1.29 is 13.2 Å². The second-order valence-corrected chi connectivity index (χ2v) is 18.8. The summed E-state index contributed by atoms with van der Waals surface area (Å²) in [5, 5.41) is 3.95. The first-order valence-corrected chi connectivity index (χ1v) is 24.6. The molecule has 5 nitrogen and oxygen atoms in total. The number of nitrogens with zero attached hydrogens (tertiary/aromatic N) is 5. The van der Waals surface area contributed by atoms with Gasteiger partial charge in [-0.15, -0.1) is 0 Å². The molecule has 0 aliphatic rings. The standard InChI is InChI=1S/C66H44F3N5/c1-41-17-9-11-23-49(41)45-29-34-60-54(37-45)51-25-13-15-27-58(51)73(60)48-32-33-57(66(67,68)69)53(40-48)56-39-47(65-71-63(43-19-5-3-6-20-43)70-64(72-65)44-21-7-4-8-22-44)31-36-62(56)74-59-28-16-14-26-52(59)55-38-46(30-35-61(55)74)50-24-12-10-18-42(50)2/h3-40H,1-2H3. The number of aryl methyl sites for hydroxylation is 2. The molecule has 0 bridgehead atoms. The van der Waals surface area contributed by atoms with Crippen LogP contribution < -0.4 is 0 Å². The van der Waals surface area contributed by atoms with Gasteiger partial charge in [-0.2, -0.15) is 13.2 Å². The molecule has 0 saturated carbocycles. The van der Waals surface area contributed by atoms with Crippen LogP contribution in [0.4, 0.5) is 13.2 Å². The van der Waals surface area contributed by atoms with Gasteiger partial charge in [0.1, 0.15) is 0 Å². The van der Waals surface area contributed by atoms with Gasteiger partial charge in [-0.3, -0.25) is 0 Å². The quantitative estimate of drug-likeness (QED) is 0.152. The number of alkyl halides is 3. The fourth-order valence-corrected chi connectivity index (χ4v) is 10.8. The van der Waals surface area contributed by atoms with E-state index in [0.717, 1.165) is 88.1 Å². The highest BCUT2D eigenvalue weighted by atomic mass is 19.4. The normalized spacial score (nSPS) is 11.9. The molecule has 0 radical (unpaired) electrons. The van der Waals surface area contributed by atoms with Gasteiger partial charge in [-0.05, 0) is 126 Å². The minimum absolute atomic E-state index is 0.0115. The first-order chi connectivity index (χ1) is 36.2. The Morgan fingerprint density at radius 2 is 0.770 bits per heavy atom. The SMILES string of the molecule is Cc1ccccc1-c1ccc2c(c1)c1ccccc1n2-c1ccc(C(F)(F)F)c(-c2cc(-c3nc(-c4ccccc4)nc(-c4ccccc4)n3)ccc2-n2c3ccccc3c3cc(-c4ccccc4C)ccc32)c1. The van der Waals surface area contributed by atoms with Gasteiger partial charge >= 0.3 is 6.18 Å². The first-order valence-electron chi connectivity index (χ1n) is 24.6. The van der Waals surface area contributed by atoms with Crippen molar-refractivity contribution in [1.82, 2.24) is 24.1 Å². The minimum Gasteiger partial charge on any atom is -0.309 e. The lowest BCUT2D eigenvalue weighted by molar-refractivity contribution is -0.137. The summed E-state index contributed by atoms with van der Waals surface area (Å²) in [6.45, 7) is 4.20. The molecule has 0 fully saturated rings. The number of benzene rings is 10. The maximum absolute atomic E-state index is 16.0. The molecule has 13 rings (SSSR count). The Kier molecular flexibility index (Phi) is 10.7. The van der Waals surface area contributed by atoms with Gasteiger partial charge < -0.3 is 9.13 Å². The zero-order valence-electron chi connectivity index (χ0n) is 40.3. The fourth-order valence-electron chi connectivity index (χ4n) is 10.8. The van der Waals surface area contributed by atoms with E-state index < -0.39 is 11.7 Å². The maximum atomic E-state index is 16.0. The zero-order chi connectivity index (χ0) is 50.1. The third-order valence-electron chi connectivity index (χ3n) is 14.3. The number of rotatable bonds is 8. The third kappa shape index (κ3) is 7.62. The van der Waals surface area contributed by atoms with Crippen LogP contribution in [0.3, 0.4) is 0 Å². The second-order valence-electron chi connectivity index (χ2n) is 18.8. The average Bonchev–Trinajstić information content (AvgIpc) is 3.97. The van der Waals surface area contributed by atoms with Crippen molar-refractivity contribution in [3.63, 3.8) is 0 Å². The number of para-hydroxylation sites is 2. The Morgan fingerprint density at radius 1 is 0.324 bits per heavy atom. The lowest BCUT2D eigenvalue weighted by Gasteiger charge is -2.21. The summed E-state index contributed by atoms with van der Waals surface area (Å²) < 4.78 is 52.3. The van der Waals surface area contributed by atoms with Crippen LogP contribution in [0.5, 0.6) is 0 Å². The van der Waals surface area contributed by atoms with Crippen molar-refractivity contribution in [2.45, 2.75) is 20.0 Å². The molecule has 3 aromatic heterocycles. The number of fused-ring (bicyclic) bond motifs is 6. The highest BCUT2D eigenvalue weighted by Gasteiger charge is 2.35. The minimum atomic E-state index is -4.73. The molecule has 0 unspecified atom stereocenters. The summed E-state index contributed by atoms with van der Waals surface area (Å²) in [4.78, 5) is 15.0. The van der Waals surface area contributed by atoms with Crippen molar-refractivity contribution in [2.24, 2.45) is 0 Å². The lowest BCUT2D eigenvalue weighted by atomic mass is 9.94. The van der Waals surface area contributed by atoms with Gasteiger partial charge in [0, 0.05) is 49.5 Å². The summed E-state index contributed by atoms with van der Waals surface area (Å²) >= 11 is 0. The molecule has 0 aliphatic heterocycles. The van der Waals surface area contributed by atoms with Crippen molar-refractivity contribution in [2.75, 3.05) is 0 Å². The Labute approximate surface area is 425 Å². The van der Waals surface area contributed by atoms with Crippen molar-refractivity contribution in [3.05, 3.63) is 247 Å². The van der Waals surface area contributed by atoms with E-state index in [0.29, 0.717) is 40.0 Å². The van der Waals surface area contributed by atoms with E-state index in [2.05, 4.69) is 95.8 Å². The monoisotopic (exact) mass is 963 g/mol. The third-order valence-corrected chi connectivity index (χ3v) is 14.3. The number of hydrogen-bond donors (Lipinski definition) is 0. The summed E-state index contributed by atoms with van der Waals surface area (Å²) in [6.07, 6.45) is -4.73. The van der Waals surface area contributed by atoms with E-state index in [4.69, 9.17) is 15.0 Å². The Hall–Kier alpha value is -9.40. The molecule has 0 saturated heterocycles. The molecule has 0 N–H and O–H groups in total. The van der Waals surface area contributed by atoms with Gasteiger partial charge in [0.25, 0.3) is 0 Å². The zero-order valence-corrected chi connectivity index (χ0v) is 40.3. The highest BCUT2D eigenvalue weighted by Crippen LogP contribution is 2.46. The molecule has 0 aliphatic carbocycles. The number of hydrogen-bond acceptors (Lipinski definition) is 3. The largest absolute Gasteiger partial charge is 0.417 e. The van der Waals surface area contributed by atoms with Gasteiger partial charge in [0.2, 0.25) is 0 Å². The first kappa shape index (κ1) is 44.5. The van der Waals surface area contributed by atoms with Crippen LogP contribution in [0.2, 0.25) is 0 Å². The number of aromatic nitrogens is 5. The molecule has 8 heteroatoms. The van der Waals surface area contributed by atoms with Gasteiger partial charge in [-0.1, -0.05) is 158 Å². The van der Waals surface area contributed by atoms with Crippen LogP contribution in [0, 0.1) is 13.8 Å². The van der Waals surface area contributed by atoms with E-state index in [1.807, 2.05) is 140 Å². The molecule has 0 atom stereocenters. The van der Waals surface area contributed by atoms with Crippen LogP contribution in [-0.4, -0.2) is 24.1 Å². The summed E-state index contributed by atoms with van der Waals surface area (Å²) in [5.74, 6) is 1.22. The topological polar surface area (TPSA) is 48.5 Å². The van der Waals surface area contributed by atoms with Gasteiger partial charge in [-0.25, -0.2) is 15.0 Å². The van der Waals surface area contributed by atoms with E-state index in [-0.39, 0.29) is 5.56 Å². The Morgan fingerprint density at radius 3 is 1.31 bits per heavy atom. The van der Waals surface area contributed by atoms with Crippen LogP contribution >= 0.6 is 0 Å². The van der Waals surface area contributed by atoms with Crippen molar-refractivity contribution in [1.29, 1.82) is 0 Å². The molecule has 0 spiro atoms. The average molecular weight is 964 g/mol. The molecule has 10 aromatic carbocycles. The Balaban J connectivity index is 1.10. The summed E-state index contributed by atoms with van der Waals surface area (Å²) in [5.41, 5.74) is 13.0. The molecule has 13 aromatic rings. The van der Waals surface area contributed by atoms with E-state index in [1.54, 1.807) is 12.1 Å². The van der Waals surface area contributed by atoms with Gasteiger partial charge in [0.05, 0.1) is 33.3 Å². The predicted octanol–water partition coefficient (Wildman–Crippen LogP) is 17.7. The predicted molar refractivity (Wildman–Crippen MR) is 296 cm³/mol. The molecule has 3 heterocycles. The van der Waals surface area contributed by atoms with Crippen molar-refractivity contribution >= 4 is 43.6 Å². The fraction of sp³-hybridized carbons (Fsp3) is 0.0455. The van der Waals surface area contributed by atoms with E-state index >= 15 is 13.2 Å². The van der Waals surface area contributed by atoms with Gasteiger partial charge in [0.15, 0.2) is 17.5 Å². The summed E-state index contributed by atoms with van der Waals surface area (Å²) in [7, 11) is 0. The highest BCUT2D eigenvalue weighted by molar-refractivity contribution is 6.12. The molecular formula is C66H44F3N5. The molecular weight excluding hydrogens is 920 g/mol. The van der Waals surface area contributed by atoms with Crippen LogP contribution in [0.1, 0.15) is 16.7 Å². The maximum Gasteiger partial charge on any atom is 0.417 e. The van der Waals surface area contributed by atoms with Crippen LogP contribution in [-0.2, 0) is 6.18 Å². The molecule has 354 valence electrons. The van der Waals surface area contributed by atoms with Crippen LogP contribution in [0.15, 0.2) is 231 Å². The summed E-state index contributed by atoms with van der Waals surface area (Å²) in [6, 6.07) is 75.0. The molecule has 74 heavy (non-hydrogen) atoms. The lowest BCUT2D eigenvalue weighted by Crippen LogP contribution is -2.10. The van der Waals surface area contributed by atoms with Crippen molar-refractivity contribution in [3.8, 4) is 78.9 Å².